The van der Waals surface area contributed by atoms with Gasteiger partial charge in [0.1, 0.15) is 0 Å². The summed E-state index contributed by atoms with van der Waals surface area (Å²) in [6.07, 6.45) is 1.64. The second-order valence-corrected chi connectivity index (χ2v) is 4.43. The Labute approximate surface area is 87.8 Å². The molecule has 0 saturated carbocycles. The van der Waals surface area contributed by atoms with Crippen LogP contribution in [0.3, 0.4) is 0 Å². The number of rotatable bonds is 5. The van der Waals surface area contributed by atoms with Crippen molar-refractivity contribution < 1.29 is 4.74 Å². The lowest BCUT2D eigenvalue weighted by Crippen LogP contribution is -2.45. The predicted octanol–water partition coefficient (Wildman–Crippen LogP) is 0.953. The normalized spacial score (nSPS) is 26.4. The summed E-state index contributed by atoms with van der Waals surface area (Å²) in [5.41, 5.74) is 0. The molecule has 0 amide bonds. The minimum absolute atomic E-state index is 0.387. The van der Waals surface area contributed by atoms with E-state index in [1.54, 1.807) is 0 Å². The van der Waals surface area contributed by atoms with Crippen molar-refractivity contribution in [3.05, 3.63) is 0 Å². The molecule has 1 aliphatic rings. The summed E-state index contributed by atoms with van der Waals surface area (Å²) in [4.78, 5) is 2.33. The zero-order valence-corrected chi connectivity index (χ0v) is 9.75. The van der Waals surface area contributed by atoms with Crippen molar-refractivity contribution in [2.75, 3.05) is 39.8 Å². The summed E-state index contributed by atoms with van der Waals surface area (Å²) in [6, 6.07) is 0. The van der Waals surface area contributed by atoms with Crippen LogP contribution in [0.15, 0.2) is 0 Å². The lowest BCUT2D eigenvalue weighted by atomic mass is 10.1. The third kappa shape index (κ3) is 4.40. The van der Waals surface area contributed by atoms with Crippen molar-refractivity contribution in [2.24, 2.45) is 5.92 Å². The maximum atomic E-state index is 5.66. The van der Waals surface area contributed by atoms with Crippen LogP contribution < -0.4 is 5.32 Å². The zero-order valence-electron chi connectivity index (χ0n) is 9.75. The van der Waals surface area contributed by atoms with Gasteiger partial charge in [0.2, 0.25) is 0 Å². The average Bonchev–Trinajstić information content (AvgIpc) is 2.17. The van der Waals surface area contributed by atoms with Crippen LogP contribution >= 0.6 is 0 Å². The maximum absolute atomic E-state index is 5.66. The van der Waals surface area contributed by atoms with E-state index in [2.05, 4.69) is 31.1 Å². The summed E-state index contributed by atoms with van der Waals surface area (Å²) in [7, 11) is 2.16. The molecule has 1 fully saturated rings. The monoisotopic (exact) mass is 200 g/mol. The van der Waals surface area contributed by atoms with Gasteiger partial charge in [-0.3, -0.25) is 0 Å². The first kappa shape index (κ1) is 12.0. The second kappa shape index (κ2) is 6.38. The van der Waals surface area contributed by atoms with Gasteiger partial charge >= 0.3 is 0 Å². The molecular formula is C11H24N2O. The molecule has 14 heavy (non-hydrogen) atoms. The quantitative estimate of drug-likeness (QED) is 0.715. The summed E-state index contributed by atoms with van der Waals surface area (Å²) in [5, 5.41) is 3.47. The van der Waals surface area contributed by atoms with E-state index < -0.39 is 0 Å². The Bertz CT molecular complexity index is 152. The maximum Gasteiger partial charge on any atom is 0.0826 e. The predicted molar refractivity (Wildman–Crippen MR) is 59.6 cm³/mol. The number of ether oxygens (including phenoxy) is 1. The van der Waals surface area contributed by atoms with Gasteiger partial charge in [-0.05, 0) is 19.5 Å². The average molecular weight is 200 g/mol. The van der Waals surface area contributed by atoms with Gasteiger partial charge in [-0.25, -0.2) is 0 Å². The largest absolute Gasteiger partial charge is 0.374 e. The van der Waals surface area contributed by atoms with Crippen molar-refractivity contribution in [2.45, 2.75) is 26.4 Å². The van der Waals surface area contributed by atoms with Crippen molar-refractivity contribution in [1.82, 2.24) is 10.2 Å². The van der Waals surface area contributed by atoms with E-state index in [1.807, 2.05) is 0 Å². The Balaban J connectivity index is 2.05. The van der Waals surface area contributed by atoms with Gasteiger partial charge in [0.15, 0.2) is 0 Å². The smallest absolute Gasteiger partial charge is 0.0826 e. The molecule has 2 atom stereocenters. The summed E-state index contributed by atoms with van der Waals surface area (Å²) in [6.45, 7) is 9.63. The van der Waals surface area contributed by atoms with Crippen LogP contribution in [-0.2, 0) is 4.74 Å². The molecule has 0 aliphatic carbocycles. The molecule has 0 radical (unpaired) electrons. The standard InChI is InChI=1S/C11H24N2O/c1-4-10(2)7-12-8-11-9-13(3)5-6-14-11/h10-12H,4-9H2,1-3H3/t10-,11+/m1/s1. The highest BCUT2D eigenvalue weighted by molar-refractivity contribution is 4.71. The minimum atomic E-state index is 0.387. The number of nitrogens with one attached hydrogen (secondary N) is 1. The van der Waals surface area contributed by atoms with E-state index in [0.29, 0.717) is 6.10 Å². The SMILES string of the molecule is CC[C@@H](C)CNC[C@H]1CN(C)CCO1. The molecule has 0 aromatic rings. The molecule has 3 nitrogen and oxygen atoms in total. The van der Waals surface area contributed by atoms with Crippen molar-refractivity contribution in [3.63, 3.8) is 0 Å². The molecule has 0 aromatic carbocycles. The van der Waals surface area contributed by atoms with Crippen molar-refractivity contribution in [3.8, 4) is 0 Å². The topological polar surface area (TPSA) is 24.5 Å². The summed E-state index contributed by atoms with van der Waals surface area (Å²) < 4.78 is 5.66. The molecule has 0 aromatic heterocycles. The van der Waals surface area contributed by atoms with Gasteiger partial charge in [0, 0.05) is 19.6 Å². The first-order chi connectivity index (χ1) is 6.72. The van der Waals surface area contributed by atoms with E-state index in [9.17, 15) is 0 Å². The third-order valence-electron chi connectivity index (χ3n) is 2.90. The fourth-order valence-electron chi connectivity index (χ4n) is 1.63. The van der Waals surface area contributed by atoms with Crippen LogP contribution in [-0.4, -0.2) is 50.8 Å². The Hall–Kier alpha value is -0.120. The van der Waals surface area contributed by atoms with Gasteiger partial charge in [0.25, 0.3) is 0 Å². The minimum Gasteiger partial charge on any atom is -0.374 e. The molecule has 1 rings (SSSR count). The van der Waals surface area contributed by atoms with Crippen LogP contribution in [0.4, 0.5) is 0 Å². The van der Waals surface area contributed by atoms with Crippen molar-refractivity contribution >= 4 is 0 Å². The Morgan fingerprint density at radius 2 is 2.36 bits per heavy atom. The highest BCUT2D eigenvalue weighted by atomic mass is 16.5. The molecule has 0 bridgehead atoms. The highest BCUT2D eigenvalue weighted by Gasteiger charge is 2.16. The van der Waals surface area contributed by atoms with E-state index in [0.717, 1.165) is 38.7 Å². The second-order valence-electron chi connectivity index (χ2n) is 4.43. The fraction of sp³-hybridized carbons (Fsp3) is 1.00. The molecule has 0 unspecified atom stereocenters. The third-order valence-corrected chi connectivity index (χ3v) is 2.90. The van der Waals surface area contributed by atoms with Crippen LogP contribution in [0, 0.1) is 5.92 Å². The van der Waals surface area contributed by atoms with Gasteiger partial charge in [-0.1, -0.05) is 20.3 Å². The van der Waals surface area contributed by atoms with E-state index in [1.165, 1.54) is 6.42 Å². The van der Waals surface area contributed by atoms with Crippen molar-refractivity contribution in [1.29, 1.82) is 0 Å². The summed E-state index contributed by atoms with van der Waals surface area (Å²) in [5.74, 6) is 0.774. The van der Waals surface area contributed by atoms with Crippen LogP contribution in [0.2, 0.25) is 0 Å². The van der Waals surface area contributed by atoms with Crippen LogP contribution in [0.5, 0.6) is 0 Å². The van der Waals surface area contributed by atoms with Crippen LogP contribution in [0.25, 0.3) is 0 Å². The highest BCUT2D eigenvalue weighted by Crippen LogP contribution is 2.02. The van der Waals surface area contributed by atoms with Gasteiger partial charge in [0.05, 0.1) is 12.7 Å². The van der Waals surface area contributed by atoms with Crippen LogP contribution in [0.1, 0.15) is 20.3 Å². The number of nitrogens with zero attached hydrogens (tertiary/aromatic N) is 1. The Morgan fingerprint density at radius 1 is 1.57 bits per heavy atom. The molecule has 1 aliphatic heterocycles. The lowest BCUT2D eigenvalue weighted by molar-refractivity contribution is -0.0183. The Morgan fingerprint density at radius 3 is 3.00 bits per heavy atom. The molecule has 1 saturated heterocycles. The molecular weight excluding hydrogens is 176 g/mol. The first-order valence-electron chi connectivity index (χ1n) is 5.73. The summed E-state index contributed by atoms with van der Waals surface area (Å²) >= 11 is 0. The van der Waals surface area contributed by atoms with E-state index >= 15 is 0 Å². The van der Waals surface area contributed by atoms with Gasteiger partial charge in [-0.2, -0.15) is 0 Å². The molecule has 84 valence electrons. The molecule has 1 N–H and O–H groups in total. The van der Waals surface area contributed by atoms with E-state index in [-0.39, 0.29) is 0 Å². The Kier molecular flexibility index (Phi) is 5.45. The number of hydrogen-bond acceptors (Lipinski definition) is 3. The molecule has 0 spiro atoms. The molecule has 1 heterocycles. The number of hydrogen-bond donors (Lipinski definition) is 1. The number of likely N-dealkylation sites (N-methyl/N-ethyl adjacent to an activating group) is 1. The van der Waals surface area contributed by atoms with Gasteiger partial charge in [-0.15, -0.1) is 0 Å². The first-order valence-corrected chi connectivity index (χ1v) is 5.73. The lowest BCUT2D eigenvalue weighted by Gasteiger charge is -2.30. The number of morpholine rings is 1. The van der Waals surface area contributed by atoms with Gasteiger partial charge < -0.3 is 15.0 Å². The van der Waals surface area contributed by atoms with E-state index in [4.69, 9.17) is 4.74 Å². The zero-order chi connectivity index (χ0) is 10.4. The fourth-order valence-corrected chi connectivity index (χ4v) is 1.63. The molecule has 3 heteroatoms.